The number of hydrogen-bond donors (Lipinski definition) is 1. The summed E-state index contributed by atoms with van der Waals surface area (Å²) in [5, 5.41) is 11.9. The zero-order valence-corrected chi connectivity index (χ0v) is 13.3. The van der Waals surface area contributed by atoms with E-state index in [2.05, 4.69) is 4.99 Å². The summed E-state index contributed by atoms with van der Waals surface area (Å²) in [4.78, 5) is 4.47. The number of furan rings is 1. The molecule has 0 unspecified atom stereocenters. The number of phenols is 1. The molecule has 0 spiro atoms. The van der Waals surface area contributed by atoms with Gasteiger partial charge in [0.2, 0.25) is 0 Å². The highest BCUT2D eigenvalue weighted by Crippen LogP contribution is 2.36. The molecule has 2 aromatic carbocycles. The molecule has 0 fully saturated rings. The maximum absolute atomic E-state index is 10.3. The van der Waals surface area contributed by atoms with Crippen molar-refractivity contribution in [3.63, 3.8) is 0 Å². The summed E-state index contributed by atoms with van der Waals surface area (Å²) in [6.07, 6.45) is 5.97. The molecule has 1 N–H and O–H groups in total. The largest absolute Gasteiger partial charge is 0.507 e. The van der Waals surface area contributed by atoms with E-state index in [1.807, 2.05) is 24.3 Å². The number of aryl methyl sites for hydroxylation is 2. The molecule has 1 aromatic heterocycles. The minimum absolute atomic E-state index is 0.220. The Morgan fingerprint density at radius 3 is 2.87 bits per heavy atom. The molecule has 0 amide bonds. The zero-order valence-electron chi connectivity index (χ0n) is 12.6. The Morgan fingerprint density at radius 2 is 2.00 bits per heavy atom. The Labute approximate surface area is 139 Å². The minimum Gasteiger partial charge on any atom is -0.507 e. The Bertz CT molecular complexity index is 911. The Kier molecular flexibility index (Phi) is 3.58. The summed E-state index contributed by atoms with van der Waals surface area (Å²) in [5.74, 6) is 1.27. The van der Waals surface area contributed by atoms with Crippen molar-refractivity contribution >= 4 is 34.5 Å². The molecule has 3 aromatic rings. The average Bonchev–Trinajstić information content (AvgIpc) is 2.93. The highest BCUT2D eigenvalue weighted by atomic mass is 35.5. The van der Waals surface area contributed by atoms with E-state index in [1.54, 1.807) is 18.3 Å². The first-order valence-corrected chi connectivity index (χ1v) is 8.16. The topological polar surface area (TPSA) is 45.7 Å². The van der Waals surface area contributed by atoms with Crippen LogP contribution in [0.5, 0.6) is 5.75 Å². The summed E-state index contributed by atoms with van der Waals surface area (Å²) in [6, 6.07) is 10.8. The number of aliphatic imine (C=N–C) groups is 1. The van der Waals surface area contributed by atoms with Crippen LogP contribution < -0.4 is 0 Å². The summed E-state index contributed by atoms with van der Waals surface area (Å²) in [7, 11) is 0. The van der Waals surface area contributed by atoms with Crippen molar-refractivity contribution < 1.29 is 9.52 Å². The first-order valence-electron chi connectivity index (χ1n) is 7.78. The lowest BCUT2D eigenvalue weighted by Gasteiger charge is -2.09. The number of nitrogens with zero attached hydrogens (tertiary/aromatic N) is 1. The van der Waals surface area contributed by atoms with Crippen LogP contribution in [0, 0.1) is 0 Å². The fourth-order valence-corrected chi connectivity index (χ4v) is 3.38. The van der Waals surface area contributed by atoms with E-state index >= 15 is 0 Å². The average molecular weight is 326 g/mol. The second kappa shape index (κ2) is 5.74. The van der Waals surface area contributed by atoms with Gasteiger partial charge in [-0.2, -0.15) is 0 Å². The number of benzene rings is 2. The van der Waals surface area contributed by atoms with Gasteiger partial charge in [-0.15, -0.1) is 0 Å². The standard InChI is InChI=1S/C19H16ClNO2/c20-12-4-3-5-13(10-12)21-11-15-16(22)8-9-18-19(15)14-6-1-2-7-17(14)23-18/h3-5,8-11,22H,1-2,6-7H2. The first kappa shape index (κ1) is 14.3. The molecule has 0 atom stereocenters. The van der Waals surface area contributed by atoms with Crippen LogP contribution in [0.3, 0.4) is 0 Å². The molecule has 116 valence electrons. The molecule has 1 aliphatic rings. The molecular formula is C19H16ClNO2. The smallest absolute Gasteiger partial charge is 0.135 e. The van der Waals surface area contributed by atoms with Crippen molar-refractivity contribution in [3.8, 4) is 5.75 Å². The van der Waals surface area contributed by atoms with E-state index in [0.29, 0.717) is 5.02 Å². The molecule has 1 heterocycles. The van der Waals surface area contributed by atoms with E-state index < -0.39 is 0 Å². The third-order valence-electron chi connectivity index (χ3n) is 4.29. The predicted molar refractivity (Wildman–Crippen MR) is 93.2 cm³/mol. The van der Waals surface area contributed by atoms with Crippen molar-refractivity contribution in [3.05, 3.63) is 58.3 Å². The van der Waals surface area contributed by atoms with Crippen molar-refractivity contribution in [1.82, 2.24) is 0 Å². The van der Waals surface area contributed by atoms with Crippen LogP contribution in [0.4, 0.5) is 5.69 Å². The Hall–Kier alpha value is -2.26. The highest BCUT2D eigenvalue weighted by Gasteiger charge is 2.21. The van der Waals surface area contributed by atoms with Crippen LogP contribution in [0.1, 0.15) is 29.7 Å². The van der Waals surface area contributed by atoms with Gasteiger partial charge in [-0.25, -0.2) is 0 Å². The SMILES string of the molecule is Oc1ccc2oc3c(c2c1C=Nc1cccc(Cl)c1)CCCC3. The van der Waals surface area contributed by atoms with Gasteiger partial charge in [0.05, 0.1) is 5.69 Å². The molecule has 0 bridgehead atoms. The lowest BCUT2D eigenvalue weighted by Crippen LogP contribution is -1.99. The summed E-state index contributed by atoms with van der Waals surface area (Å²) in [6.45, 7) is 0. The second-order valence-electron chi connectivity index (χ2n) is 5.82. The molecule has 0 saturated heterocycles. The lowest BCUT2D eigenvalue weighted by molar-refractivity contribution is 0.474. The summed E-state index contributed by atoms with van der Waals surface area (Å²) < 4.78 is 5.96. The predicted octanol–water partition coefficient (Wildman–Crippen LogP) is 5.42. The number of halogens is 1. The Balaban J connectivity index is 1.85. The molecule has 23 heavy (non-hydrogen) atoms. The van der Waals surface area contributed by atoms with E-state index in [0.717, 1.165) is 53.7 Å². The van der Waals surface area contributed by atoms with Crippen LogP contribution in [0.2, 0.25) is 5.02 Å². The van der Waals surface area contributed by atoms with E-state index in [4.69, 9.17) is 16.0 Å². The zero-order chi connectivity index (χ0) is 15.8. The maximum Gasteiger partial charge on any atom is 0.135 e. The van der Waals surface area contributed by atoms with Crippen LogP contribution in [0.15, 0.2) is 45.8 Å². The molecule has 4 rings (SSSR count). The quantitative estimate of drug-likeness (QED) is 0.639. The maximum atomic E-state index is 10.3. The number of hydrogen-bond acceptors (Lipinski definition) is 3. The van der Waals surface area contributed by atoms with Crippen LogP contribution in [-0.2, 0) is 12.8 Å². The molecule has 4 heteroatoms. The van der Waals surface area contributed by atoms with E-state index in [1.165, 1.54) is 5.56 Å². The molecular weight excluding hydrogens is 310 g/mol. The van der Waals surface area contributed by atoms with Crippen LogP contribution in [0.25, 0.3) is 11.0 Å². The summed E-state index contributed by atoms with van der Waals surface area (Å²) in [5.41, 5.74) is 3.51. The van der Waals surface area contributed by atoms with Crippen molar-refractivity contribution in [1.29, 1.82) is 0 Å². The van der Waals surface area contributed by atoms with Gasteiger partial charge in [-0.05, 0) is 49.6 Å². The van der Waals surface area contributed by atoms with Gasteiger partial charge in [-0.3, -0.25) is 4.99 Å². The monoisotopic (exact) mass is 325 g/mol. The van der Waals surface area contributed by atoms with E-state index in [9.17, 15) is 5.11 Å². The van der Waals surface area contributed by atoms with Crippen LogP contribution >= 0.6 is 11.6 Å². The van der Waals surface area contributed by atoms with Gasteiger partial charge < -0.3 is 9.52 Å². The first-order chi connectivity index (χ1) is 11.2. The Morgan fingerprint density at radius 1 is 1.13 bits per heavy atom. The fraction of sp³-hybridized carbons (Fsp3) is 0.211. The van der Waals surface area contributed by atoms with Gasteiger partial charge >= 0.3 is 0 Å². The number of rotatable bonds is 2. The highest BCUT2D eigenvalue weighted by molar-refractivity contribution is 6.30. The normalized spacial score (nSPS) is 14.5. The van der Waals surface area contributed by atoms with Crippen LogP contribution in [-0.4, -0.2) is 11.3 Å². The lowest BCUT2D eigenvalue weighted by atomic mass is 9.94. The second-order valence-corrected chi connectivity index (χ2v) is 6.26. The van der Waals surface area contributed by atoms with Gasteiger partial charge in [0, 0.05) is 34.2 Å². The van der Waals surface area contributed by atoms with Crippen molar-refractivity contribution in [2.75, 3.05) is 0 Å². The van der Waals surface area contributed by atoms with Crippen molar-refractivity contribution in [2.24, 2.45) is 4.99 Å². The minimum atomic E-state index is 0.220. The van der Waals surface area contributed by atoms with Gasteiger partial charge in [0.15, 0.2) is 0 Å². The summed E-state index contributed by atoms with van der Waals surface area (Å²) >= 11 is 5.99. The number of phenolic OH excluding ortho intramolecular Hbond substituents is 1. The van der Waals surface area contributed by atoms with Gasteiger partial charge in [0.1, 0.15) is 17.1 Å². The third kappa shape index (κ3) is 2.62. The number of fused-ring (bicyclic) bond motifs is 3. The number of aromatic hydroxyl groups is 1. The molecule has 3 nitrogen and oxygen atoms in total. The van der Waals surface area contributed by atoms with Gasteiger partial charge in [0.25, 0.3) is 0 Å². The molecule has 0 saturated carbocycles. The van der Waals surface area contributed by atoms with Gasteiger partial charge in [-0.1, -0.05) is 17.7 Å². The molecule has 0 radical (unpaired) electrons. The fourth-order valence-electron chi connectivity index (χ4n) is 3.20. The van der Waals surface area contributed by atoms with E-state index in [-0.39, 0.29) is 5.75 Å². The third-order valence-corrected chi connectivity index (χ3v) is 4.52. The van der Waals surface area contributed by atoms with Crippen molar-refractivity contribution in [2.45, 2.75) is 25.7 Å². The molecule has 0 aliphatic heterocycles. The molecule has 1 aliphatic carbocycles.